The van der Waals surface area contributed by atoms with E-state index in [1.54, 1.807) is 48.5 Å². The van der Waals surface area contributed by atoms with Crippen molar-refractivity contribution < 1.29 is 9.59 Å². The van der Waals surface area contributed by atoms with E-state index in [1.165, 1.54) is 0 Å². The maximum Gasteiger partial charge on any atom is 0.252 e. The number of para-hydroxylation sites is 2. The summed E-state index contributed by atoms with van der Waals surface area (Å²) in [5, 5.41) is 5.26. The van der Waals surface area contributed by atoms with Gasteiger partial charge in [0.05, 0.1) is 0 Å². The molecule has 1 heterocycles. The number of rotatable bonds is 9. The molecule has 0 aliphatic heterocycles. The number of hydrogen-bond acceptors (Lipinski definition) is 8. The average Bonchev–Trinajstić information content (AvgIpc) is 2.95. The van der Waals surface area contributed by atoms with Crippen LogP contribution in [-0.4, -0.2) is 25.4 Å². The summed E-state index contributed by atoms with van der Waals surface area (Å²) >= 11 is 11.2. The first-order valence-electron chi connectivity index (χ1n) is 11.8. The smallest absolute Gasteiger partial charge is 0.252 e. The summed E-state index contributed by atoms with van der Waals surface area (Å²) in [5.41, 5.74) is 3.74. The Balaban J connectivity index is 0.00000370. The van der Waals surface area contributed by atoms with Gasteiger partial charge in [0, 0.05) is 33.9 Å². The van der Waals surface area contributed by atoms with Crippen LogP contribution in [0.3, 0.4) is 0 Å². The molecule has 2 N–H and O–H groups in total. The third-order valence-corrected chi connectivity index (χ3v) is 6.02. The minimum Gasteiger partial charge on any atom is -0.324 e. The van der Waals surface area contributed by atoms with Crippen LogP contribution in [0, 0.1) is 0 Å². The Morgan fingerprint density at radius 1 is 0.550 bits per heavy atom. The lowest BCUT2D eigenvalue weighted by atomic mass is 10.2. The van der Waals surface area contributed by atoms with E-state index in [9.17, 15) is 9.59 Å². The summed E-state index contributed by atoms with van der Waals surface area (Å²) in [5.74, 6) is 0.876. The van der Waals surface area contributed by atoms with Gasteiger partial charge in [-0.25, -0.2) is 0 Å². The molecule has 0 saturated heterocycles. The molecule has 5 rings (SSSR count). The second-order valence-corrected chi connectivity index (χ2v) is 8.93. The highest BCUT2D eigenvalue weighted by Gasteiger charge is 2.18. The number of halogens is 3. The van der Waals surface area contributed by atoms with Gasteiger partial charge in [-0.3, -0.25) is 14.5 Å². The molecule has 0 saturated carbocycles. The lowest BCUT2D eigenvalue weighted by Crippen LogP contribution is -2.16. The second-order valence-electron chi connectivity index (χ2n) is 8.24. The summed E-state index contributed by atoms with van der Waals surface area (Å²) in [7, 11) is 0. The Labute approximate surface area is 246 Å². The number of anilines is 7. The van der Waals surface area contributed by atoms with Gasteiger partial charge in [0.15, 0.2) is 0 Å². The number of benzene rings is 4. The fraction of sp³-hybridized carbons (Fsp3) is 0. The van der Waals surface area contributed by atoms with Gasteiger partial charge in [-0.1, -0.05) is 36.4 Å². The lowest BCUT2D eigenvalue weighted by Gasteiger charge is -2.24. The predicted molar refractivity (Wildman–Crippen MR) is 162 cm³/mol. The highest BCUT2D eigenvalue weighted by molar-refractivity contribution is 6.68. The molecule has 11 heteroatoms. The van der Waals surface area contributed by atoms with Crippen molar-refractivity contribution in [2.24, 2.45) is 0 Å². The zero-order valence-electron chi connectivity index (χ0n) is 20.7. The largest absolute Gasteiger partial charge is 0.324 e. The van der Waals surface area contributed by atoms with Crippen LogP contribution in [0.1, 0.15) is 20.7 Å². The lowest BCUT2D eigenvalue weighted by molar-refractivity contribution is 0.107. The Bertz CT molecular complexity index is 1490. The maximum atomic E-state index is 11.5. The molecule has 0 aliphatic rings. The number of nitrogens with one attached hydrogen (secondary N) is 2. The van der Waals surface area contributed by atoms with Crippen molar-refractivity contribution in [3.8, 4) is 0 Å². The van der Waals surface area contributed by atoms with Crippen LogP contribution in [0.4, 0.5) is 40.6 Å². The van der Waals surface area contributed by atoms with Crippen LogP contribution < -0.4 is 15.5 Å². The molecular weight excluding hydrogens is 571 g/mol. The summed E-state index contributed by atoms with van der Waals surface area (Å²) in [4.78, 5) is 38.8. The molecule has 8 nitrogen and oxygen atoms in total. The SMILES string of the molecule is Cl.O=C(Cl)c1ccc(Nc2nc(Nc3ccc(C(=O)Cl)cc3)nc(N(c3ccccc3)c3ccccc3)n2)cc1. The number of carbonyl (C=O) groups excluding carboxylic acids is 2. The molecule has 0 amide bonds. The molecule has 0 unspecified atom stereocenters. The van der Waals surface area contributed by atoms with Crippen molar-refractivity contribution in [1.29, 1.82) is 0 Å². The topological polar surface area (TPSA) is 100 Å². The fourth-order valence-electron chi connectivity index (χ4n) is 3.74. The summed E-state index contributed by atoms with van der Waals surface area (Å²) < 4.78 is 0. The first-order chi connectivity index (χ1) is 19.0. The Morgan fingerprint density at radius 2 is 0.925 bits per heavy atom. The van der Waals surface area contributed by atoms with Gasteiger partial charge in [0.25, 0.3) is 10.5 Å². The van der Waals surface area contributed by atoms with Crippen molar-refractivity contribution in [2.75, 3.05) is 15.5 Å². The minimum absolute atomic E-state index is 0. The number of aromatic nitrogens is 3. The Morgan fingerprint density at radius 3 is 1.27 bits per heavy atom. The van der Waals surface area contributed by atoms with Crippen LogP contribution in [0.5, 0.6) is 0 Å². The number of hydrogen-bond donors (Lipinski definition) is 2. The van der Waals surface area contributed by atoms with Gasteiger partial charge >= 0.3 is 0 Å². The molecule has 1 aromatic heterocycles. The summed E-state index contributed by atoms with van der Waals surface area (Å²) in [6.45, 7) is 0. The highest BCUT2D eigenvalue weighted by atomic mass is 35.5. The van der Waals surface area contributed by atoms with Crippen LogP contribution in [0.2, 0.25) is 0 Å². The number of carbonyl (C=O) groups is 2. The first kappa shape index (κ1) is 28.5. The van der Waals surface area contributed by atoms with E-state index >= 15 is 0 Å². The standard InChI is InChI=1S/C29H20Cl2N6O2.ClH/c30-25(38)19-11-15-21(16-12-19)32-27-34-28(33-22-17-13-20(14-18-22)26(31)39)36-29(35-27)37(23-7-3-1-4-8-23)24-9-5-2-6-10-24;/h1-18H,(H2,32,33,34,35,36);1H. The normalized spacial score (nSPS) is 10.2. The van der Waals surface area contributed by atoms with Crippen LogP contribution in [-0.2, 0) is 0 Å². The Hall–Kier alpha value is -4.50. The van der Waals surface area contributed by atoms with E-state index in [4.69, 9.17) is 33.2 Å². The van der Waals surface area contributed by atoms with E-state index in [0.717, 1.165) is 11.4 Å². The minimum atomic E-state index is -0.543. The van der Waals surface area contributed by atoms with Gasteiger partial charge < -0.3 is 10.6 Å². The van der Waals surface area contributed by atoms with Gasteiger partial charge in [0.1, 0.15) is 0 Å². The predicted octanol–water partition coefficient (Wildman–Crippen LogP) is 8.01. The second kappa shape index (κ2) is 13.0. The molecule has 200 valence electrons. The monoisotopic (exact) mass is 590 g/mol. The zero-order chi connectivity index (χ0) is 27.2. The summed E-state index contributed by atoms with van der Waals surface area (Å²) in [6.07, 6.45) is 0. The average molecular weight is 592 g/mol. The summed E-state index contributed by atoms with van der Waals surface area (Å²) in [6, 6.07) is 32.7. The molecule has 0 aliphatic carbocycles. The third-order valence-electron chi connectivity index (χ3n) is 5.59. The van der Waals surface area contributed by atoms with Gasteiger partial charge in [0.2, 0.25) is 17.8 Å². The van der Waals surface area contributed by atoms with Crippen molar-refractivity contribution >= 4 is 86.7 Å². The molecule has 40 heavy (non-hydrogen) atoms. The van der Waals surface area contributed by atoms with E-state index < -0.39 is 10.5 Å². The molecule has 0 bridgehead atoms. The fourth-order valence-corrected chi connectivity index (χ4v) is 3.99. The van der Waals surface area contributed by atoms with Gasteiger partial charge in [-0.2, -0.15) is 15.0 Å². The number of nitrogens with zero attached hydrogens (tertiary/aromatic N) is 4. The van der Waals surface area contributed by atoms with Crippen molar-refractivity contribution in [3.05, 3.63) is 120 Å². The van der Waals surface area contributed by atoms with Crippen LogP contribution >= 0.6 is 35.6 Å². The van der Waals surface area contributed by atoms with E-state index in [-0.39, 0.29) is 24.3 Å². The van der Waals surface area contributed by atoms with E-state index in [0.29, 0.717) is 28.5 Å². The van der Waals surface area contributed by atoms with Crippen molar-refractivity contribution in [3.63, 3.8) is 0 Å². The molecule has 4 aromatic carbocycles. The van der Waals surface area contributed by atoms with E-state index in [1.807, 2.05) is 65.6 Å². The molecule has 0 fully saturated rings. The maximum absolute atomic E-state index is 11.5. The van der Waals surface area contributed by atoms with Crippen LogP contribution in [0.15, 0.2) is 109 Å². The molecular formula is C29H21Cl3N6O2. The van der Waals surface area contributed by atoms with Crippen molar-refractivity contribution in [1.82, 2.24) is 15.0 Å². The van der Waals surface area contributed by atoms with E-state index in [2.05, 4.69) is 15.6 Å². The Kier molecular flexibility index (Phi) is 9.29. The van der Waals surface area contributed by atoms with Gasteiger partial charge in [-0.15, -0.1) is 12.4 Å². The molecule has 0 atom stereocenters. The quantitative estimate of drug-likeness (QED) is 0.166. The molecule has 0 radical (unpaired) electrons. The molecule has 5 aromatic rings. The zero-order valence-corrected chi connectivity index (χ0v) is 23.0. The highest BCUT2D eigenvalue weighted by Crippen LogP contribution is 2.33. The molecule has 0 spiro atoms. The van der Waals surface area contributed by atoms with Crippen molar-refractivity contribution in [2.45, 2.75) is 0 Å². The third kappa shape index (κ3) is 6.92. The first-order valence-corrected chi connectivity index (χ1v) is 12.5. The van der Waals surface area contributed by atoms with Crippen LogP contribution in [0.25, 0.3) is 0 Å². The van der Waals surface area contributed by atoms with Gasteiger partial charge in [-0.05, 0) is 96.0 Å².